The van der Waals surface area contributed by atoms with E-state index in [1.807, 2.05) is 24.3 Å². The van der Waals surface area contributed by atoms with E-state index in [0.29, 0.717) is 30.8 Å². The average Bonchev–Trinajstić information content (AvgIpc) is 3.01. The highest BCUT2D eigenvalue weighted by molar-refractivity contribution is 7.80. The van der Waals surface area contributed by atoms with Gasteiger partial charge < -0.3 is 24.8 Å². The van der Waals surface area contributed by atoms with Crippen LogP contribution in [-0.4, -0.2) is 38.5 Å². The Balaban J connectivity index is 2.00. The summed E-state index contributed by atoms with van der Waals surface area (Å²) in [5.74, 6) is 0.545. The van der Waals surface area contributed by atoms with E-state index in [-0.39, 0.29) is 0 Å². The van der Waals surface area contributed by atoms with Gasteiger partial charge in [0.05, 0.1) is 26.9 Å². The number of methoxy groups -OCH3 is 1. The Morgan fingerprint density at radius 2 is 1.86 bits per heavy atom. The molecular weight excluding hydrogens is 300 g/mol. The summed E-state index contributed by atoms with van der Waals surface area (Å²) in [6.45, 7) is 6.71. The molecule has 1 aromatic rings. The van der Waals surface area contributed by atoms with Crippen LogP contribution in [-0.2, 0) is 15.3 Å². The van der Waals surface area contributed by atoms with E-state index in [1.54, 1.807) is 7.11 Å². The van der Waals surface area contributed by atoms with Gasteiger partial charge in [-0.25, -0.2) is 0 Å². The number of benzene rings is 1. The largest absolute Gasteiger partial charge is 0.497 e. The van der Waals surface area contributed by atoms with Crippen molar-refractivity contribution in [2.45, 2.75) is 19.6 Å². The molecule has 0 amide bonds. The predicted octanol–water partition coefficient (Wildman–Crippen LogP) is 2.01. The van der Waals surface area contributed by atoms with Gasteiger partial charge in [-0.05, 0) is 42.4 Å². The normalized spacial score (nSPS) is 16.5. The van der Waals surface area contributed by atoms with Gasteiger partial charge in [0.1, 0.15) is 5.75 Å². The van der Waals surface area contributed by atoms with E-state index >= 15 is 0 Å². The summed E-state index contributed by atoms with van der Waals surface area (Å²) < 4.78 is 16.9. The van der Waals surface area contributed by atoms with Gasteiger partial charge in [-0.2, -0.15) is 0 Å². The van der Waals surface area contributed by atoms with Gasteiger partial charge in [-0.15, -0.1) is 0 Å². The summed E-state index contributed by atoms with van der Waals surface area (Å²) in [7, 11) is 1.65. The first-order chi connectivity index (χ1) is 10.6. The second-order valence-electron chi connectivity index (χ2n) is 5.64. The molecular formula is C16H24N2O3S. The van der Waals surface area contributed by atoms with Crippen LogP contribution in [0.25, 0.3) is 0 Å². The van der Waals surface area contributed by atoms with E-state index in [9.17, 15) is 0 Å². The van der Waals surface area contributed by atoms with Crippen LogP contribution in [0.3, 0.4) is 0 Å². The van der Waals surface area contributed by atoms with Crippen molar-refractivity contribution in [1.82, 2.24) is 10.6 Å². The molecule has 0 bridgehead atoms. The molecule has 0 aliphatic carbocycles. The molecule has 1 aliphatic rings. The summed E-state index contributed by atoms with van der Waals surface area (Å²) in [6, 6.07) is 7.71. The molecule has 22 heavy (non-hydrogen) atoms. The second kappa shape index (κ2) is 7.76. The standard InChI is InChI=1S/C16H24N2O3S/c1-12(2)10-17-15(22)18-11-16(20-8-9-21-16)13-4-6-14(19-3)7-5-13/h4-7,12H,8-11H2,1-3H3,(H2,17,18,22). The number of hydrogen-bond acceptors (Lipinski definition) is 4. The minimum Gasteiger partial charge on any atom is -0.497 e. The number of ether oxygens (including phenoxy) is 3. The topological polar surface area (TPSA) is 51.8 Å². The van der Waals surface area contributed by atoms with Crippen molar-refractivity contribution in [3.8, 4) is 5.75 Å². The molecule has 122 valence electrons. The molecule has 1 saturated heterocycles. The molecule has 5 nitrogen and oxygen atoms in total. The molecule has 0 saturated carbocycles. The fourth-order valence-electron chi connectivity index (χ4n) is 2.23. The van der Waals surface area contributed by atoms with Gasteiger partial charge >= 0.3 is 0 Å². The van der Waals surface area contributed by atoms with Crippen LogP contribution in [0.4, 0.5) is 0 Å². The lowest BCUT2D eigenvalue weighted by molar-refractivity contribution is -0.159. The first kappa shape index (κ1) is 17.0. The molecule has 0 unspecified atom stereocenters. The maximum Gasteiger partial charge on any atom is 0.213 e. The van der Waals surface area contributed by atoms with Crippen LogP contribution in [0.15, 0.2) is 24.3 Å². The summed E-state index contributed by atoms with van der Waals surface area (Å²) in [4.78, 5) is 0. The fraction of sp³-hybridized carbons (Fsp3) is 0.562. The SMILES string of the molecule is COc1ccc(C2(CNC(=S)NCC(C)C)OCCO2)cc1. The van der Waals surface area contributed by atoms with Gasteiger partial charge in [-0.3, -0.25) is 0 Å². The molecule has 0 radical (unpaired) electrons. The number of nitrogens with one attached hydrogen (secondary N) is 2. The quantitative estimate of drug-likeness (QED) is 0.781. The van der Waals surface area contributed by atoms with Crippen molar-refractivity contribution >= 4 is 17.3 Å². The minimum atomic E-state index is -0.796. The van der Waals surface area contributed by atoms with Gasteiger partial charge in [0.2, 0.25) is 5.79 Å². The maximum absolute atomic E-state index is 5.86. The lowest BCUT2D eigenvalue weighted by atomic mass is 10.1. The van der Waals surface area contributed by atoms with E-state index in [2.05, 4.69) is 24.5 Å². The smallest absolute Gasteiger partial charge is 0.213 e. The van der Waals surface area contributed by atoms with Crippen molar-refractivity contribution in [2.24, 2.45) is 5.92 Å². The molecule has 1 aromatic carbocycles. The van der Waals surface area contributed by atoms with Crippen LogP contribution < -0.4 is 15.4 Å². The Kier molecular flexibility index (Phi) is 5.99. The number of thiocarbonyl (C=S) groups is 1. The van der Waals surface area contributed by atoms with E-state index in [4.69, 9.17) is 26.4 Å². The minimum absolute atomic E-state index is 0.462. The van der Waals surface area contributed by atoms with Crippen molar-refractivity contribution in [1.29, 1.82) is 0 Å². The first-order valence-corrected chi connectivity index (χ1v) is 7.91. The summed E-state index contributed by atoms with van der Waals surface area (Å²) >= 11 is 5.29. The summed E-state index contributed by atoms with van der Waals surface area (Å²) in [5.41, 5.74) is 0.949. The Morgan fingerprint density at radius 3 is 2.41 bits per heavy atom. The third kappa shape index (κ3) is 4.32. The van der Waals surface area contributed by atoms with E-state index < -0.39 is 5.79 Å². The molecule has 1 heterocycles. The first-order valence-electron chi connectivity index (χ1n) is 7.50. The zero-order valence-corrected chi connectivity index (χ0v) is 14.2. The Hall–Kier alpha value is -1.37. The maximum atomic E-state index is 5.86. The Bertz CT molecular complexity index is 485. The monoisotopic (exact) mass is 324 g/mol. The Morgan fingerprint density at radius 1 is 1.23 bits per heavy atom. The van der Waals surface area contributed by atoms with Crippen molar-refractivity contribution in [3.05, 3.63) is 29.8 Å². The van der Waals surface area contributed by atoms with Crippen LogP contribution >= 0.6 is 12.2 Å². The molecule has 6 heteroatoms. The molecule has 2 rings (SSSR count). The highest BCUT2D eigenvalue weighted by atomic mass is 32.1. The van der Waals surface area contributed by atoms with Crippen molar-refractivity contribution in [3.63, 3.8) is 0 Å². The third-order valence-corrected chi connectivity index (χ3v) is 3.72. The highest BCUT2D eigenvalue weighted by Crippen LogP contribution is 2.31. The van der Waals surface area contributed by atoms with Crippen LogP contribution in [0.1, 0.15) is 19.4 Å². The second-order valence-corrected chi connectivity index (χ2v) is 6.04. The molecule has 1 aliphatic heterocycles. The van der Waals surface area contributed by atoms with E-state index in [1.165, 1.54) is 0 Å². The van der Waals surface area contributed by atoms with Gasteiger partial charge in [-0.1, -0.05) is 13.8 Å². The third-order valence-electron chi connectivity index (χ3n) is 3.44. The fourth-order valence-corrected chi connectivity index (χ4v) is 2.38. The predicted molar refractivity (Wildman–Crippen MR) is 90.0 cm³/mol. The molecule has 0 aromatic heterocycles. The Labute approximate surface area is 137 Å². The number of rotatable bonds is 6. The number of hydrogen-bond donors (Lipinski definition) is 2. The molecule has 2 N–H and O–H groups in total. The van der Waals surface area contributed by atoms with Crippen LogP contribution in [0, 0.1) is 5.92 Å². The molecule has 0 spiro atoms. The van der Waals surface area contributed by atoms with Crippen molar-refractivity contribution < 1.29 is 14.2 Å². The van der Waals surface area contributed by atoms with Crippen molar-refractivity contribution in [2.75, 3.05) is 33.4 Å². The summed E-state index contributed by atoms with van der Waals surface area (Å²) in [6.07, 6.45) is 0. The molecule has 0 atom stereocenters. The van der Waals surface area contributed by atoms with Gasteiger partial charge in [0.25, 0.3) is 0 Å². The highest BCUT2D eigenvalue weighted by Gasteiger charge is 2.38. The molecule has 1 fully saturated rings. The lowest BCUT2D eigenvalue weighted by Crippen LogP contribution is -2.46. The van der Waals surface area contributed by atoms with Gasteiger partial charge in [0.15, 0.2) is 5.11 Å². The lowest BCUT2D eigenvalue weighted by Gasteiger charge is -2.29. The van der Waals surface area contributed by atoms with Crippen LogP contribution in [0.2, 0.25) is 0 Å². The van der Waals surface area contributed by atoms with E-state index in [0.717, 1.165) is 17.9 Å². The zero-order valence-electron chi connectivity index (χ0n) is 13.3. The zero-order chi connectivity index (χ0) is 16.0. The summed E-state index contributed by atoms with van der Waals surface area (Å²) in [5, 5.41) is 6.98. The average molecular weight is 324 g/mol. The van der Waals surface area contributed by atoms with Crippen LogP contribution in [0.5, 0.6) is 5.75 Å². The van der Waals surface area contributed by atoms with Gasteiger partial charge in [0, 0.05) is 12.1 Å².